The molecule has 0 saturated carbocycles. The molecule has 0 fully saturated rings. The van der Waals surface area contributed by atoms with E-state index in [1.54, 1.807) is 30.7 Å². The zero-order valence-electron chi connectivity index (χ0n) is 8.92. The summed E-state index contributed by atoms with van der Waals surface area (Å²) in [5.41, 5.74) is 2.43. The number of rotatable bonds is 1. The number of hydrogen-bond donors (Lipinski definition) is 1. The van der Waals surface area contributed by atoms with Crippen LogP contribution in [0.3, 0.4) is 0 Å². The first-order valence-electron chi connectivity index (χ1n) is 5.23. The SMILES string of the molecule is O=c1ccc2c(-c3cccnc3)nccc2[nH]1. The third kappa shape index (κ3) is 1.69. The predicted octanol–water partition coefficient (Wildman–Crippen LogP) is 1.99. The van der Waals surface area contributed by atoms with Crippen LogP contribution in [0.4, 0.5) is 0 Å². The fraction of sp³-hybridized carbons (Fsp3) is 0. The van der Waals surface area contributed by atoms with Crippen molar-refractivity contribution in [2.75, 3.05) is 0 Å². The molecule has 4 nitrogen and oxygen atoms in total. The average Bonchev–Trinajstić information content (AvgIpc) is 2.39. The van der Waals surface area contributed by atoms with Crippen LogP contribution in [-0.2, 0) is 0 Å². The van der Waals surface area contributed by atoms with Crippen molar-refractivity contribution in [3.05, 3.63) is 59.3 Å². The third-order valence-corrected chi connectivity index (χ3v) is 2.58. The predicted molar refractivity (Wildman–Crippen MR) is 65.6 cm³/mol. The van der Waals surface area contributed by atoms with Gasteiger partial charge < -0.3 is 4.98 Å². The molecule has 17 heavy (non-hydrogen) atoms. The van der Waals surface area contributed by atoms with Crippen LogP contribution in [0.2, 0.25) is 0 Å². The Morgan fingerprint density at radius 3 is 2.82 bits per heavy atom. The van der Waals surface area contributed by atoms with Gasteiger partial charge in [-0.1, -0.05) is 0 Å². The summed E-state index contributed by atoms with van der Waals surface area (Å²) in [6.45, 7) is 0. The van der Waals surface area contributed by atoms with E-state index < -0.39 is 0 Å². The second kappa shape index (κ2) is 3.83. The topological polar surface area (TPSA) is 58.6 Å². The average molecular weight is 223 g/mol. The summed E-state index contributed by atoms with van der Waals surface area (Å²) in [6, 6.07) is 8.88. The molecule has 0 radical (unpaired) electrons. The fourth-order valence-electron chi connectivity index (χ4n) is 1.82. The second-order valence-electron chi connectivity index (χ2n) is 3.69. The van der Waals surface area contributed by atoms with Gasteiger partial charge >= 0.3 is 0 Å². The van der Waals surface area contributed by atoms with Crippen LogP contribution in [0.15, 0.2) is 53.7 Å². The molecular weight excluding hydrogens is 214 g/mol. The molecule has 1 N–H and O–H groups in total. The molecule has 3 aromatic heterocycles. The highest BCUT2D eigenvalue weighted by molar-refractivity contribution is 5.91. The van der Waals surface area contributed by atoms with Gasteiger partial charge in [-0.15, -0.1) is 0 Å². The molecule has 0 aliphatic rings. The van der Waals surface area contributed by atoms with Gasteiger partial charge in [0.1, 0.15) is 0 Å². The van der Waals surface area contributed by atoms with Crippen molar-refractivity contribution in [1.82, 2.24) is 15.0 Å². The Bertz CT molecular complexity index is 719. The van der Waals surface area contributed by atoms with Crippen LogP contribution >= 0.6 is 0 Å². The Labute approximate surface area is 97.0 Å². The van der Waals surface area contributed by atoms with E-state index in [1.165, 1.54) is 6.07 Å². The number of aromatic nitrogens is 3. The second-order valence-corrected chi connectivity index (χ2v) is 3.69. The maximum atomic E-state index is 11.2. The van der Waals surface area contributed by atoms with Crippen LogP contribution in [0.5, 0.6) is 0 Å². The van der Waals surface area contributed by atoms with Gasteiger partial charge in [0.2, 0.25) is 5.56 Å². The van der Waals surface area contributed by atoms with Crippen molar-refractivity contribution >= 4 is 10.9 Å². The maximum Gasteiger partial charge on any atom is 0.248 e. The quantitative estimate of drug-likeness (QED) is 0.686. The van der Waals surface area contributed by atoms with Crippen molar-refractivity contribution in [3.63, 3.8) is 0 Å². The van der Waals surface area contributed by atoms with Gasteiger partial charge in [0.15, 0.2) is 0 Å². The largest absolute Gasteiger partial charge is 0.322 e. The van der Waals surface area contributed by atoms with E-state index >= 15 is 0 Å². The monoisotopic (exact) mass is 223 g/mol. The van der Waals surface area contributed by atoms with Crippen LogP contribution in [0.1, 0.15) is 0 Å². The van der Waals surface area contributed by atoms with Gasteiger partial charge in [0.05, 0.1) is 11.2 Å². The van der Waals surface area contributed by atoms with Crippen LogP contribution in [-0.4, -0.2) is 15.0 Å². The van der Waals surface area contributed by atoms with Crippen molar-refractivity contribution in [2.45, 2.75) is 0 Å². The molecule has 0 amide bonds. The number of fused-ring (bicyclic) bond motifs is 1. The summed E-state index contributed by atoms with van der Waals surface area (Å²) in [4.78, 5) is 22.4. The lowest BCUT2D eigenvalue weighted by atomic mass is 10.1. The molecule has 0 unspecified atom stereocenters. The highest BCUT2D eigenvalue weighted by Crippen LogP contribution is 2.23. The van der Waals surface area contributed by atoms with Crippen molar-refractivity contribution in [1.29, 1.82) is 0 Å². The molecule has 0 saturated heterocycles. The summed E-state index contributed by atoms with van der Waals surface area (Å²) in [5, 5.41) is 0.917. The molecule has 3 aromatic rings. The maximum absolute atomic E-state index is 11.2. The molecule has 0 spiro atoms. The van der Waals surface area contributed by atoms with Gasteiger partial charge in [-0.2, -0.15) is 0 Å². The molecule has 0 atom stereocenters. The van der Waals surface area contributed by atoms with Crippen molar-refractivity contribution in [3.8, 4) is 11.3 Å². The number of H-pyrrole nitrogens is 1. The van der Waals surface area contributed by atoms with Gasteiger partial charge in [-0.25, -0.2) is 0 Å². The lowest BCUT2D eigenvalue weighted by Gasteiger charge is -2.04. The van der Waals surface area contributed by atoms with Crippen LogP contribution < -0.4 is 5.56 Å². The Hall–Kier alpha value is -2.49. The van der Waals surface area contributed by atoms with Gasteiger partial charge in [-0.3, -0.25) is 14.8 Å². The molecule has 82 valence electrons. The minimum absolute atomic E-state index is 0.110. The van der Waals surface area contributed by atoms with E-state index in [1.807, 2.05) is 12.1 Å². The first-order chi connectivity index (χ1) is 8.34. The van der Waals surface area contributed by atoms with E-state index in [2.05, 4.69) is 15.0 Å². The summed E-state index contributed by atoms with van der Waals surface area (Å²) in [5.74, 6) is 0. The van der Waals surface area contributed by atoms with Crippen molar-refractivity contribution < 1.29 is 0 Å². The Kier molecular flexibility index (Phi) is 2.19. The number of aromatic amines is 1. The standard InChI is InChI=1S/C13H9N3O/c17-12-4-3-10-11(16-12)5-7-15-13(10)9-2-1-6-14-8-9/h1-8H,(H,16,17). The van der Waals surface area contributed by atoms with Crippen LogP contribution in [0.25, 0.3) is 22.2 Å². The highest BCUT2D eigenvalue weighted by atomic mass is 16.1. The lowest BCUT2D eigenvalue weighted by molar-refractivity contribution is 1.26. The fourth-order valence-corrected chi connectivity index (χ4v) is 1.82. The molecular formula is C13H9N3O. The summed E-state index contributed by atoms with van der Waals surface area (Å²) >= 11 is 0. The van der Waals surface area contributed by atoms with E-state index in [4.69, 9.17) is 0 Å². The Balaban J connectivity index is 2.34. The molecule has 0 aliphatic carbocycles. The van der Waals surface area contributed by atoms with E-state index in [-0.39, 0.29) is 5.56 Å². The Morgan fingerprint density at radius 1 is 1.06 bits per heavy atom. The summed E-state index contributed by atoms with van der Waals surface area (Å²) in [6.07, 6.45) is 5.16. The first-order valence-corrected chi connectivity index (χ1v) is 5.23. The molecule has 0 aliphatic heterocycles. The van der Waals surface area contributed by atoms with Crippen molar-refractivity contribution in [2.24, 2.45) is 0 Å². The number of nitrogens with one attached hydrogen (secondary N) is 1. The first kappa shape index (κ1) is 9.72. The van der Waals surface area contributed by atoms with E-state index in [9.17, 15) is 4.79 Å². The minimum Gasteiger partial charge on any atom is -0.322 e. The molecule has 0 aromatic carbocycles. The number of nitrogens with zero attached hydrogens (tertiary/aromatic N) is 2. The highest BCUT2D eigenvalue weighted by Gasteiger charge is 2.05. The van der Waals surface area contributed by atoms with Gasteiger partial charge in [0, 0.05) is 35.6 Å². The summed E-state index contributed by atoms with van der Waals surface area (Å²) in [7, 11) is 0. The number of pyridine rings is 3. The Morgan fingerprint density at radius 2 is 2.00 bits per heavy atom. The number of hydrogen-bond acceptors (Lipinski definition) is 3. The normalized spacial score (nSPS) is 10.6. The minimum atomic E-state index is -0.110. The molecule has 4 heteroatoms. The van der Waals surface area contributed by atoms with Gasteiger partial charge in [-0.05, 0) is 24.3 Å². The van der Waals surface area contributed by atoms with Gasteiger partial charge in [0.25, 0.3) is 0 Å². The zero-order valence-corrected chi connectivity index (χ0v) is 8.92. The smallest absolute Gasteiger partial charge is 0.248 e. The molecule has 3 rings (SSSR count). The van der Waals surface area contributed by atoms with E-state index in [0.717, 1.165) is 22.2 Å². The van der Waals surface area contributed by atoms with Crippen LogP contribution in [0, 0.1) is 0 Å². The van der Waals surface area contributed by atoms with E-state index in [0.29, 0.717) is 0 Å². The molecule has 3 heterocycles. The molecule has 0 bridgehead atoms. The summed E-state index contributed by atoms with van der Waals surface area (Å²) < 4.78 is 0. The third-order valence-electron chi connectivity index (χ3n) is 2.58. The lowest BCUT2D eigenvalue weighted by Crippen LogP contribution is -2.03. The zero-order chi connectivity index (χ0) is 11.7.